The first-order valence-electron chi connectivity index (χ1n) is 4.19. The van der Waals surface area contributed by atoms with Crippen molar-refractivity contribution in [1.29, 1.82) is 0 Å². The summed E-state index contributed by atoms with van der Waals surface area (Å²) in [5, 5.41) is 0. The zero-order valence-corrected chi connectivity index (χ0v) is 8.86. The van der Waals surface area contributed by atoms with Gasteiger partial charge >= 0.3 is 10.4 Å². The van der Waals surface area contributed by atoms with Gasteiger partial charge in [0.1, 0.15) is 6.10 Å². The third-order valence-electron chi connectivity index (χ3n) is 1.46. The van der Waals surface area contributed by atoms with E-state index >= 15 is 0 Å². The maximum atomic E-state index is 10.3. The second-order valence-corrected chi connectivity index (χ2v) is 3.85. The second kappa shape index (κ2) is 4.94. The Balaban J connectivity index is 2.67. The number of rotatable bonds is 2. The quantitative estimate of drug-likeness (QED) is 0.609. The standard InChI is InChI=1S/C10H10O4S/c1-9(14-15(11,12)13)7-8-10-5-3-2-4-6-10/h2-6,9H,1H3,(H,11,12,13)/t9-/m0/s1. The Morgan fingerprint density at radius 1 is 1.33 bits per heavy atom. The monoisotopic (exact) mass is 226 g/mol. The van der Waals surface area contributed by atoms with Crippen molar-refractivity contribution in [2.75, 3.05) is 0 Å². The summed E-state index contributed by atoms with van der Waals surface area (Å²) in [4.78, 5) is 0. The fourth-order valence-corrected chi connectivity index (χ4v) is 1.33. The molecule has 0 radical (unpaired) electrons. The first-order chi connectivity index (χ1) is 6.97. The molecule has 0 fully saturated rings. The molecule has 0 saturated carbocycles. The van der Waals surface area contributed by atoms with Gasteiger partial charge in [-0.1, -0.05) is 30.0 Å². The van der Waals surface area contributed by atoms with E-state index in [4.69, 9.17) is 4.55 Å². The molecule has 0 aliphatic heterocycles. The molecule has 0 unspecified atom stereocenters. The summed E-state index contributed by atoms with van der Waals surface area (Å²) >= 11 is 0. The fraction of sp³-hybridized carbons (Fsp3) is 0.200. The number of benzene rings is 1. The van der Waals surface area contributed by atoms with Crippen LogP contribution in [0.4, 0.5) is 0 Å². The maximum Gasteiger partial charge on any atom is 0.398 e. The molecule has 0 saturated heterocycles. The van der Waals surface area contributed by atoms with Crippen LogP contribution in [0.3, 0.4) is 0 Å². The van der Waals surface area contributed by atoms with E-state index in [1.807, 2.05) is 18.2 Å². The highest BCUT2D eigenvalue weighted by atomic mass is 32.3. The van der Waals surface area contributed by atoms with E-state index in [1.165, 1.54) is 6.92 Å². The molecule has 80 valence electrons. The van der Waals surface area contributed by atoms with Gasteiger partial charge in [0.25, 0.3) is 0 Å². The van der Waals surface area contributed by atoms with Gasteiger partial charge in [0.15, 0.2) is 0 Å². The van der Waals surface area contributed by atoms with Crippen molar-refractivity contribution in [3.8, 4) is 11.8 Å². The molecule has 15 heavy (non-hydrogen) atoms. The Kier molecular flexibility index (Phi) is 3.86. The maximum absolute atomic E-state index is 10.3. The van der Waals surface area contributed by atoms with Crippen LogP contribution in [0.25, 0.3) is 0 Å². The van der Waals surface area contributed by atoms with Crippen LogP contribution < -0.4 is 0 Å². The van der Waals surface area contributed by atoms with Gasteiger partial charge in [-0.2, -0.15) is 8.42 Å². The van der Waals surface area contributed by atoms with Crippen LogP contribution in [0.15, 0.2) is 30.3 Å². The molecule has 0 aliphatic carbocycles. The topological polar surface area (TPSA) is 63.6 Å². The van der Waals surface area contributed by atoms with Gasteiger partial charge in [0.05, 0.1) is 0 Å². The smallest absolute Gasteiger partial charge is 0.263 e. The van der Waals surface area contributed by atoms with Crippen molar-refractivity contribution in [2.45, 2.75) is 13.0 Å². The van der Waals surface area contributed by atoms with E-state index < -0.39 is 16.5 Å². The lowest BCUT2D eigenvalue weighted by molar-refractivity contribution is 0.241. The van der Waals surface area contributed by atoms with Crippen LogP contribution in [0.5, 0.6) is 0 Å². The predicted octanol–water partition coefficient (Wildman–Crippen LogP) is 1.25. The van der Waals surface area contributed by atoms with Crippen molar-refractivity contribution in [3.05, 3.63) is 35.9 Å². The van der Waals surface area contributed by atoms with Crippen molar-refractivity contribution in [1.82, 2.24) is 0 Å². The van der Waals surface area contributed by atoms with Crippen molar-refractivity contribution in [2.24, 2.45) is 0 Å². The van der Waals surface area contributed by atoms with Crippen molar-refractivity contribution in [3.63, 3.8) is 0 Å². The Hall–Kier alpha value is -1.35. The molecule has 0 aromatic heterocycles. The molecule has 0 heterocycles. The highest BCUT2D eigenvalue weighted by molar-refractivity contribution is 7.80. The summed E-state index contributed by atoms with van der Waals surface area (Å²) in [5.74, 6) is 5.26. The minimum absolute atomic E-state index is 0.753. The van der Waals surface area contributed by atoms with Gasteiger partial charge in [-0.3, -0.25) is 4.55 Å². The molecule has 1 rings (SSSR count). The average Bonchev–Trinajstić information content (AvgIpc) is 2.14. The SMILES string of the molecule is C[C@@H](C#Cc1ccccc1)OS(=O)(=O)O. The van der Waals surface area contributed by atoms with E-state index in [1.54, 1.807) is 12.1 Å². The molecule has 0 aliphatic rings. The van der Waals surface area contributed by atoms with E-state index in [0.29, 0.717) is 0 Å². The first-order valence-corrected chi connectivity index (χ1v) is 5.56. The van der Waals surface area contributed by atoms with Gasteiger partial charge in [-0.05, 0) is 19.1 Å². The van der Waals surface area contributed by atoms with Gasteiger partial charge in [0, 0.05) is 5.56 Å². The summed E-state index contributed by atoms with van der Waals surface area (Å²) < 4.78 is 33.2. The third kappa shape index (κ3) is 5.18. The Morgan fingerprint density at radius 2 is 1.93 bits per heavy atom. The van der Waals surface area contributed by atoms with Crippen molar-refractivity contribution >= 4 is 10.4 Å². The van der Waals surface area contributed by atoms with E-state index in [-0.39, 0.29) is 0 Å². The fourth-order valence-electron chi connectivity index (χ4n) is 0.913. The number of hydrogen-bond donors (Lipinski definition) is 1. The minimum atomic E-state index is -4.43. The highest BCUT2D eigenvalue weighted by Crippen LogP contribution is 1.98. The molecule has 1 aromatic rings. The van der Waals surface area contributed by atoms with Crippen LogP contribution in [-0.2, 0) is 14.6 Å². The van der Waals surface area contributed by atoms with Gasteiger partial charge < -0.3 is 0 Å². The molecule has 0 amide bonds. The number of hydrogen-bond acceptors (Lipinski definition) is 3. The Bertz CT molecular complexity index is 467. The van der Waals surface area contributed by atoms with Gasteiger partial charge in [0.2, 0.25) is 0 Å². The molecule has 1 N–H and O–H groups in total. The summed E-state index contributed by atoms with van der Waals surface area (Å²) in [5.41, 5.74) is 0.753. The zero-order chi connectivity index (χ0) is 11.3. The van der Waals surface area contributed by atoms with E-state index in [2.05, 4.69) is 16.0 Å². The summed E-state index contributed by atoms with van der Waals surface area (Å²) in [7, 11) is -4.43. The molecule has 0 spiro atoms. The first kappa shape index (κ1) is 11.7. The summed E-state index contributed by atoms with van der Waals surface area (Å²) in [6, 6.07) is 9.06. The van der Waals surface area contributed by atoms with E-state index in [0.717, 1.165) is 5.56 Å². The lowest BCUT2D eigenvalue weighted by Gasteiger charge is -2.00. The molecular formula is C10H10O4S. The van der Waals surface area contributed by atoms with Crippen LogP contribution in [-0.4, -0.2) is 19.1 Å². The largest absolute Gasteiger partial charge is 0.398 e. The summed E-state index contributed by atoms with van der Waals surface area (Å²) in [6.07, 6.45) is -0.875. The highest BCUT2D eigenvalue weighted by Gasteiger charge is 2.08. The van der Waals surface area contributed by atoms with Gasteiger partial charge in [-0.25, -0.2) is 4.18 Å². The lowest BCUT2D eigenvalue weighted by Crippen LogP contribution is -2.12. The average molecular weight is 226 g/mol. The lowest BCUT2D eigenvalue weighted by atomic mass is 10.2. The molecule has 4 nitrogen and oxygen atoms in total. The minimum Gasteiger partial charge on any atom is -0.263 e. The molecule has 1 atom stereocenters. The zero-order valence-electron chi connectivity index (χ0n) is 8.04. The molecule has 1 aromatic carbocycles. The summed E-state index contributed by atoms with van der Waals surface area (Å²) in [6.45, 7) is 1.43. The Morgan fingerprint density at radius 3 is 2.47 bits per heavy atom. The molecular weight excluding hydrogens is 216 g/mol. The van der Waals surface area contributed by atoms with Crippen LogP contribution in [0.1, 0.15) is 12.5 Å². The van der Waals surface area contributed by atoms with Gasteiger partial charge in [-0.15, -0.1) is 0 Å². The van der Waals surface area contributed by atoms with Crippen LogP contribution in [0, 0.1) is 11.8 Å². The van der Waals surface area contributed by atoms with Crippen LogP contribution in [0.2, 0.25) is 0 Å². The normalized spacial score (nSPS) is 12.7. The van der Waals surface area contributed by atoms with E-state index in [9.17, 15) is 8.42 Å². The van der Waals surface area contributed by atoms with Crippen molar-refractivity contribution < 1.29 is 17.2 Å². The van der Waals surface area contributed by atoms with Crippen LogP contribution >= 0.6 is 0 Å². The second-order valence-electron chi connectivity index (χ2n) is 2.80. The predicted molar refractivity (Wildman–Crippen MR) is 55.4 cm³/mol. The Labute approximate surface area is 88.8 Å². The molecule has 0 bridgehead atoms. The third-order valence-corrected chi connectivity index (χ3v) is 1.99. The molecule has 5 heteroatoms.